The van der Waals surface area contributed by atoms with E-state index in [4.69, 9.17) is 15.9 Å². The van der Waals surface area contributed by atoms with Crippen LogP contribution in [0, 0.1) is 0 Å². The standard InChI is InChI=1S/C31H38N6O9/c1-16(27(41)35-17(2)31(45)46)34-29(43)25(14-19-15-33-23-6-4-3-5-21(19)23)37-30(44)24(13-18-7-9-20(38)10-8-18)36-28(42)22(32)11-12-26(39)40/h3-10,15-17,22,24-25,33,38H,11-14,32H2,1-2H3,(H,34,43)(H,35,41)(H,36,42)(H,37,44)(H,39,40)(H,45,46)/t16-,17-,22-,24-,25-/m0/s1. The zero-order valence-corrected chi connectivity index (χ0v) is 25.3. The van der Waals surface area contributed by atoms with Crippen LogP contribution in [-0.2, 0) is 41.6 Å². The number of phenols is 1. The van der Waals surface area contributed by atoms with Crippen molar-refractivity contribution in [3.05, 3.63) is 65.9 Å². The van der Waals surface area contributed by atoms with Gasteiger partial charge in [0, 0.05) is 36.4 Å². The van der Waals surface area contributed by atoms with Gasteiger partial charge in [0.05, 0.1) is 6.04 Å². The fraction of sp³-hybridized carbons (Fsp3) is 0.355. The van der Waals surface area contributed by atoms with Crippen molar-refractivity contribution < 1.29 is 44.1 Å². The summed E-state index contributed by atoms with van der Waals surface area (Å²) >= 11 is 0. The number of amides is 4. The number of nitrogens with two attached hydrogens (primary N) is 1. The number of rotatable bonds is 16. The van der Waals surface area contributed by atoms with Gasteiger partial charge in [-0.05, 0) is 49.6 Å². The highest BCUT2D eigenvalue weighted by Crippen LogP contribution is 2.19. The molecule has 15 nitrogen and oxygen atoms in total. The first kappa shape index (κ1) is 35.0. The van der Waals surface area contributed by atoms with Crippen molar-refractivity contribution >= 4 is 46.5 Å². The molecular formula is C31H38N6O9. The number of carboxylic acids is 2. The van der Waals surface area contributed by atoms with Gasteiger partial charge in [0.1, 0.15) is 29.9 Å². The third-order valence-electron chi connectivity index (χ3n) is 7.23. The summed E-state index contributed by atoms with van der Waals surface area (Å²) in [5, 5.41) is 38.5. The number of aromatic amines is 1. The van der Waals surface area contributed by atoms with Gasteiger partial charge in [0.15, 0.2) is 0 Å². The Hall–Kier alpha value is -5.44. The van der Waals surface area contributed by atoms with Crippen LogP contribution < -0.4 is 27.0 Å². The normalized spacial score (nSPS) is 14.2. The van der Waals surface area contributed by atoms with Crippen LogP contribution in [0.3, 0.4) is 0 Å². The lowest BCUT2D eigenvalue weighted by Gasteiger charge is -2.25. The molecule has 0 spiro atoms. The van der Waals surface area contributed by atoms with Crippen LogP contribution in [0.5, 0.6) is 5.75 Å². The molecule has 2 aromatic carbocycles. The van der Waals surface area contributed by atoms with Crippen LogP contribution in [0.25, 0.3) is 10.9 Å². The molecule has 46 heavy (non-hydrogen) atoms. The number of carboxylic acid groups (broad SMARTS) is 2. The van der Waals surface area contributed by atoms with Crippen molar-refractivity contribution in [3.8, 4) is 5.75 Å². The fourth-order valence-electron chi connectivity index (χ4n) is 4.55. The van der Waals surface area contributed by atoms with E-state index in [1.54, 1.807) is 24.4 Å². The first-order valence-corrected chi connectivity index (χ1v) is 14.5. The maximum absolute atomic E-state index is 13.7. The summed E-state index contributed by atoms with van der Waals surface area (Å²) in [4.78, 5) is 77.9. The molecule has 0 saturated carbocycles. The highest BCUT2D eigenvalue weighted by molar-refractivity contribution is 5.96. The van der Waals surface area contributed by atoms with E-state index in [9.17, 15) is 33.9 Å². The molecule has 0 bridgehead atoms. The van der Waals surface area contributed by atoms with Crippen molar-refractivity contribution in [1.82, 2.24) is 26.3 Å². The maximum Gasteiger partial charge on any atom is 0.325 e. The number of aromatic nitrogens is 1. The van der Waals surface area contributed by atoms with E-state index in [1.807, 2.05) is 18.2 Å². The molecule has 0 aliphatic heterocycles. The Morgan fingerprint density at radius 3 is 2.00 bits per heavy atom. The molecule has 0 saturated heterocycles. The van der Waals surface area contributed by atoms with Crippen molar-refractivity contribution in [2.75, 3.05) is 0 Å². The molecule has 1 aromatic heterocycles. The van der Waals surface area contributed by atoms with Crippen molar-refractivity contribution in [2.24, 2.45) is 5.73 Å². The van der Waals surface area contributed by atoms with E-state index in [2.05, 4.69) is 26.3 Å². The Morgan fingerprint density at radius 1 is 0.761 bits per heavy atom. The molecule has 15 heteroatoms. The van der Waals surface area contributed by atoms with Crippen LogP contribution in [0.2, 0.25) is 0 Å². The molecule has 0 fully saturated rings. The number of H-pyrrole nitrogens is 1. The minimum atomic E-state index is -1.27. The van der Waals surface area contributed by atoms with Gasteiger partial charge in [0.2, 0.25) is 23.6 Å². The van der Waals surface area contributed by atoms with Crippen molar-refractivity contribution in [3.63, 3.8) is 0 Å². The van der Waals surface area contributed by atoms with Crippen LogP contribution in [-0.4, -0.2) is 86.1 Å². The number of carbonyl (C=O) groups is 6. The minimum Gasteiger partial charge on any atom is -0.508 e. The van der Waals surface area contributed by atoms with Gasteiger partial charge >= 0.3 is 11.9 Å². The molecule has 0 aliphatic carbocycles. The number of aromatic hydroxyl groups is 1. The lowest BCUT2D eigenvalue weighted by Crippen LogP contribution is -2.58. The highest BCUT2D eigenvalue weighted by Gasteiger charge is 2.31. The monoisotopic (exact) mass is 638 g/mol. The molecule has 4 amide bonds. The second-order valence-electron chi connectivity index (χ2n) is 10.9. The molecule has 0 aliphatic rings. The number of para-hydroxylation sites is 1. The fourth-order valence-corrected chi connectivity index (χ4v) is 4.55. The van der Waals surface area contributed by atoms with E-state index >= 15 is 0 Å². The number of hydrogen-bond donors (Lipinski definition) is 9. The van der Waals surface area contributed by atoms with Gasteiger partial charge in [-0.3, -0.25) is 28.8 Å². The lowest BCUT2D eigenvalue weighted by molar-refractivity contribution is -0.141. The zero-order chi connectivity index (χ0) is 34.0. The Labute approximate surface area is 263 Å². The summed E-state index contributed by atoms with van der Waals surface area (Å²) in [7, 11) is 0. The minimum absolute atomic E-state index is 0.0177. The molecule has 3 aromatic rings. The molecule has 0 radical (unpaired) electrons. The molecule has 3 rings (SSSR count). The van der Waals surface area contributed by atoms with Gasteiger partial charge in [-0.1, -0.05) is 30.3 Å². The van der Waals surface area contributed by atoms with Gasteiger partial charge in [-0.15, -0.1) is 0 Å². The molecule has 1 heterocycles. The summed E-state index contributed by atoms with van der Waals surface area (Å²) in [6.45, 7) is 2.63. The number of phenolic OH excluding ortho intramolecular Hbond substituents is 1. The third kappa shape index (κ3) is 10.1. The van der Waals surface area contributed by atoms with E-state index in [0.29, 0.717) is 11.1 Å². The summed E-state index contributed by atoms with van der Waals surface area (Å²) in [5.41, 5.74) is 7.88. The van der Waals surface area contributed by atoms with Crippen LogP contribution in [0.4, 0.5) is 0 Å². The quantitative estimate of drug-likeness (QED) is 0.101. The number of benzene rings is 2. The Balaban J connectivity index is 1.87. The number of fused-ring (bicyclic) bond motifs is 1. The van der Waals surface area contributed by atoms with E-state index < -0.39 is 65.8 Å². The number of hydrogen-bond acceptors (Lipinski definition) is 8. The maximum atomic E-state index is 13.7. The Bertz CT molecular complexity index is 1570. The molecule has 0 unspecified atom stereocenters. The van der Waals surface area contributed by atoms with Gasteiger partial charge in [0.25, 0.3) is 0 Å². The number of carbonyl (C=O) groups excluding carboxylic acids is 4. The molecule has 246 valence electrons. The predicted octanol–water partition coefficient (Wildman–Crippen LogP) is -0.0856. The van der Waals surface area contributed by atoms with Crippen molar-refractivity contribution in [2.45, 2.75) is 69.7 Å². The SMILES string of the molecule is C[C@H](NC(=O)[C@H](C)NC(=O)[C@H](Cc1c[nH]c2ccccc12)NC(=O)[C@H](Cc1ccc(O)cc1)NC(=O)[C@@H](N)CCC(=O)O)C(=O)O. The van der Waals surface area contributed by atoms with Crippen molar-refractivity contribution in [1.29, 1.82) is 0 Å². The molecular weight excluding hydrogens is 600 g/mol. The lowest BCUT2D eigenvalue weighted by atomic mass is 10.0. The highest BCUT2D eigenvalue weighted by atomic mass is 16.4. The average Bonchev–Trinajstić information content (AvgIpc) is 3.42. The number of nitrogens with one attached hydrogen (secondary N) is 5. The second-order valence-corrected chi connectivity index (χ2v) is 10.9. The van der Waals surface area contributed by atoms with E-state index in [0.717, 1.165) is 10.9 Å². The first-order chi connectivity index (χ1) is 21.7. The second kappa shape index (κ2) is 16.0. The smallest absolute Gasteiger partial charge is 0.325 e. The third-order valence-corrected chi connectivity index (χ3v) is 7.23. The summed E-state index contributed by atoms with van der Waals surface area (Å²) < 4.78 is 0. The predicted molar refractivity (Wildman–Crippen MR) is 165 cm³/mol. The topological polar surface area (TPSA) is 253 Å². The van der Waals surface area contributed by atoms with Crippen LogP contribution in [0.1, 0.15) is 37.8 Å². The van der Waals surface area contributed by atoms with Crippen LogP contribution in [0.15, 0.2) is 54.7 Å². The summed E-state index contributed by atoms with van der Waals surface area (Å²) in [5.74, 6) is -5.49. The zero-order valence-electron chi connectivity index (χ0n) is 25.3. The Kier molecular flexibility index (Phi) is 12.2. The van der Waals surface area contributed by atoms with Crippen LogP contribution >= 0.6 is 0 Å². The summed E-state index contributed by atoms with van der Waals surface area (Å²) in [6, 6.07) is 7.02. The first-order valence-electron chi connectivity index (χ1n) is 14.5. The Morgan fingerprint density at radius 2 is 1.35 bits per heavy atom. The van der Waals surface area contributed by atoms with Gasteiger partial charge < -0.3 is 47.3 Å². The molecule has 10 N–H and O–H groups in total. The van der Waals surface area contributed by atoms with E-state index in [1.165, 1.54) is 26.0 Å². The molecule has 5 atom stereocenters. The van der Waals surface area contributed by atoms with E-state index in [-0.39, 0.29) is 31.4 Å². The number of aliphatic carboxylic acids is 2. The summed E-state index contributed by atoms with van der Waals surface area (Å²) in [6.07, 6.45) is 1.03. The average molecular weight is 639 g/mol. The largest absolute Gasteiger partial charge is 0.508 e. The van der Waals surface area contributed by atoms with Gasteiger partial charge in [-0.2, -0.15) is 0 Å². The van der Waals surface area contributed by atoms with Gasteiger partial charge in [-0.25, -0.2) is 0 Å².